The number of hydrogen-bond acceptors (Lipinski definition) is 5. The number of benzene rings is 1. The molecular weight excluding hydrogens is 396 g/mol. The SMILES string of the molecule is COc1ncccc1CNC(=O)CS(=O)(=O)Cc1cccc(Br)c1. The van der Waals surface area contributed by atoms with Crippen molar-refractivity contribution in [1.82, 2.24) is 10.3 Å². The Kier molecular flexibility index (Phi) is 6.33. The zero-order valence-corrected chi connectivity index (χ0v) is 15.4. The second-order valence-electron chi connectivity index (χ2n) is 5.11. The molecule has 8 heteroatoms. The smallest absolute Gasteiger partial charge is 0.235 e. The van der Waals surface area contributed by atoms with E-state index in [1.165, 1.54) is 7.11 Å². The molecule has 0 aliphatic carbocycles. The number of halogens is 1. The monoisotopic (exact) mass is 412 g/mol. The lowest BCUT2D eigenvalue weighted by atomic mass is 10.2. The Balaban J connectivity index is 1.93. The number of amides is 1. The van der Waals surface area contributed by atoms with Gasteiger partial charge in [0.05, 0.1) is 12.9 Å². The lowest BCUT2D eigenvalue weighted by Crippen LogP contribution is -2.30. The fraction of sp³-hybridized carbons (Fsp3) is 0.250. The number of ether oxygens (including phenoxy) is 1. The number of hydrogen-bond donors (Lipinski definition) is 1. The first kappa shape index (κ1) is 18.4. The van der Waals surface area contributed by atoms with Crippen LogP contribution in [0.15, 0.2) is 47.1 Å². The fourth-order valence-corrected chi connectivity index (χ4v) is 3.86. The molecule has 2 rings (SSSR count). The Labute approximate surface area is 149 Å². The molecule has 0 radical (unpaired) electrons. The number of rotatable bonds is 7. The summed E-state index contributed by atoms with van der Waals surface area (Å²) in [5.41, 5.74) is 1.31. The zero-order chi connectivity index (χ0) is 17.6. The fourth-order valence-electron chi connectivity index (χ4n) is 2.12. The molecule has 24 heavy (non-hydrogen) atoms. The molecule has 0 saturated heterocycles. The summed E-state index contributed by atoms with van der Waals surface area (Å²) < 4.78 is 30.2. The van der Waals surface area contributed by atoms with Gasteiger partial charge in [-0.05, 0) is 23.8 Å². The Morgan fingerprint density at radius 3 is 2.79 bits per heavy atom. The van der Waals surface area contributed by atoms with Gasteiger partial charge in [-0.15, -0.1) is 0 Å². The number of sulfone groups is 1. The summed E-state index contributed by atoms with van der Waals surface area (Å²) in [4.78, 5) is 15.9. The van der Waals surface area contributed by atoms with Crippen LogP contribution in [0, 0.1) is 0 Å². The average molecular weight is 413 g/mol. The number of nitrogens with one attached hydrogen (secondary N) is 1. The first-order valence-corrected chi connectivity index (χ1v) is 9.70. The minimum atomic E-state index is -3.55. The second kappa shape index (κ2) is 8.25. The molecule has 6 nitrogen and oxygen atoms in total. The van der Waals surface area contributed by atoms with Gasteiger partial charge in [-0.3, -0.25) is 4.79 Å². The van der Waals surface area contributed by atoms with Crippen molar-refractivity contribution < 1.29 is 17.9 Å². The van der Waals surface area contributed by atoms with Gasteiger partial charge in [-0.25, -0.2) is 13.4 Å². The molecule has 1 N–H and O–H groups in total. The minimum absolute atomic E-state index is 0.155. The topological polar surface area (TPSA) is 85.4 Å². The van der Waals surface area contributed by atoms with E-state index >= 15 is 0 Å². The maximum Gasteiger partial charge on any atom is 0.235 e. The first-order valence-electron chi connectivity index (χ1n) is 7.09. The van der Waals surface area contributed by atoms with Crippen LogP contribution in [0.2, 0.25) is 0 Å². The van der Waals surface area contributed by atoms with Gasteiger partial charge in [-0.1, -0.05) is 34.1 Å². The van der Waals surface area contributed by atoms with E-state index in [0.29, 0.717) is 17.0 Å². The number of methoxy groups -OCH3 is 1. The number of nitrogens with zero attached hydrogens (tertiary/aromatic N) is 1. The molecule has 128 valence electrons. The predicted octanol–water partition coefficient (Wildman–Crippen LogP) is 2.08. The third-order valence-corrected chi connectivity index (χ3v) is 5.11. The number of carbonyl (C=O) groups excluding carboxylic acids is 1. The van der Waals surface area contributed by atoms with E-state index < -0.39 is 21.5 Å². The lowest BCUT2D eigenvalue weighted by Gasteiger charge is -2.09. The maximum atomic E-state index is 12.1. The third kappa shape index (κ3) is 5.61. The highest BCUT2D eigenvalue weighted by atomic mass is 79.9. The lowest BCUT2D eigenvalue weighted by molar-refractivity contribution is -0.118. The predicted molar refractivity (Wildman–Crippen MR) is 94.3 cm³/mol. The van der Waals surface area contributed by atoms with Crippen LogP contribution in [0.4, 0.5) is 0 Å². The van der Waals surface area contributed by atoms with Crippen molar-refractivity contribution in [1.29, 1.82) is 0 Å². The molecule has 0 unspecified atom stereocenters. The number of pyridine rings is 1. The Morgan fingerprint density at radius 2 is 2.08 bits per heavy atom. The van der Waals surface area contributed by atoms with Crippen LogP contribution < -0.4 is 10.1 Å². The van der Waals surface area contributed by atoms with Crippen molar-refractivity contribution in [2.24, 2.45) is 0 Å². The van der Waals surface area contributed by atoms with E-state index in [0.717, 1.165) is 4.47 Å². The molecule has 0 atom stereocenters. The molecule has 1 aromatic heterocycles. The van der Waals surface area contributed by atoms with Crippen LogP contribution in [0.3, 0.4) is 0 Å². The van der Waals surface area contributed by atoms with Crippen LogP contribution in [-0.2, 0) is 26.9 Å². The van der Waals surface area contributed by atoms with E-state index in [2.05, 4.69) is 26.2 Å². The van der Waals surface area contributed by atoms with Gasteiger partial charge in [0, 0.05) is 22.8 Å². The summed E-state index contributed by atoms with van der Waals surface area (Å²) in [5.74, 6) is -0.913. The highest BCUT2D eigenvalue weighted by molar-refractivity contribution is 9.10. The van der Waals surface area contributed by atoms with E-state index in [1.807, 2.05) is 6.07 Å². The maximum absolute atomic E-state index is 12.1. The van der Waals surface area contributed by atoms with Crippen LogP contribution in [0.25, 0.3) is 0 Å². The zero-order valence-electron chi connectivity index (χ0n) is 13.0. The summed E-state index contributed by atoms with van der Waals surface area (Å²) in [6, 6.07) is 10.5. The van der Waals surface area contributed by atoms with Crippen molar-refractivity contribution in [3.63, 3.8) is 0 Å². The van der Waals surface area contributed by atoms with E-state index in [9.17, 15) is 13.2 Å². The van der Waals surface area contributed by atoms with Crippen LogP contribution >= 0.6 is 15.9 Å². The normalized spacial score (nSPS) is 11.1. The number of aromatic nitrogens is 1. The van der Waals surface area contributed by atoms with Gasteiger partial charge in [0.15, 0.2) is 9.84 Å². The van der Waals surface area contributed by atoms with Gasteiger partial charge in [0.25, 0.3) is 0 Å². The Bertz CT molecular complexity index is 824. The summed E-state index contributed by atoms with van der Waals surface area (Å²) >= 11 is 3.29. The van der Waals surface area contributed by atoms with Crippen LogP contribution in [0.1, 0.15) is 11.1 Å². The molecular formula is C16H17BrN2O4S. The van der Waals surface area contributed by atoms with Crippen molar-refractivity contribution in [3.8, 4) is 5.88 Å². The highest BCUT2D eigenvalue weighted by Gasteiger charge is 2.18. The molecule has 2 aromatic rings. The van der Waals surface area contributed by atoms with Crippen molar-refractivity contribution in [2.75, 3.05) is 12.9 Å². The molecule has 0 saturated carbocycles. The molecule has 0 aliphatic heterocycles. The summed E-state index contributed by atoms with van der Waals surface area (Å²) in [5, 5.41) is 2.58. The Morgan fingerprint density at radius 1 is 1.29 bits per heavy atom. The van der Waals surface area contributed by atoms with Crippen molar-refractivity contribution in [2.45, 2.75) is 12.3 Å². The minimum Gasteiger partial charge on any atom is -0.481 e. The summed E-state index contributed by atoms with van der Waals surface area (Å²) in [7, 11) is -2.07. The average Bonchev–Trinajstić information content (AvgIpc) is 2.52. The standard InChI is InChI=1S/C16H17BrN2O4S/c1-23-16-13(5-3-7-18-16)9-19-15(20)11-24(21,22)10-12-4-2-6-14(17)8-12/h2-8H,9-11H2,1H3,(H,19,20). The van der Waals surface area contributed by atoms with Gasteiger partial charge in [-0.2, -0.15) is 0 Å². The van der Waals surface area contributed by atoms with Gasteiger partial charge in [0.1, 0.15) is 5.75 Å². The number of carbonyl (C=O) groups is 1. The second-order valence-corrected chi connectivity index (χ2v) is 8.09. The molecule has 1 amide bonds. The quantitative estimate of drug-likeness (QED) is 0.752. The van der Waals surface area contributed by atoms with E-state index in [4.69, 9.17) is 4.74 Å². The molecule has 0 bridgehead atoms. The molecule has 0 fully saturated rings. The molecule has 1 heterocycles. The van der Waals surface area contributed by atoms with Crippen LogP contribution in [-0.4, -0.2) is 32.2 Å². The summed E-state index contributed by atoms with van der Waals surface area (Å²) in [6.45, 7) is 0.155. The van der Waals surface area contributed by atoms with E-state index in [1.54, 1.807) is 36.5 Å². The van der Waals surface area contributed by atoms with Crippen molar-refractivity contribution in [3.05, 3.63) is 58.2 Å². The largest absolute Gasteiger partial charge is 0.481 e. The molecule has 1 aromatic carbocycles. The summed E-state index contributed by atoms with van der Waals surface area (Å²) in [6.07, 6.45) is 1.58. The van der Waals surface area contributed by atoms with Crippen molar-refractivity contribution >= 4 is 31.7 Å². The van der Waals surface area contributed by atoms with Gasteiger partial charge >= 0.3 is 0 Å². The first-order chi connectivity index (χ1) is 11.4. The van der Waals surface area contributed by atoms with E-state index in [-0.39, 0.29) is 12.3 Å². The highest BCUT2D eigenvalue weighted by Crippen LogP contribution is 2.15. The van der Waals surface area contributed by atoms with Gasteiger partial charge in [0.2, 0.25) is 11.8 Å². The molecule has 0 spiro atoms. The van der Waals surface area contributed by atoms with Crippen LogP contribution in [0.5, 0.6) is 5.88 Å². The Hall–Kier alpha value is -1.93. The van der Waals surface area contributed by atoms with Gasteiger partial charge < -0.3 is 10.1 Å². The third-order valence-electron chi connectivity index (χ3n) is 3.15. The molecule has 0 aliphatic rings.